The van der Waals surface area contributed by atoms with E-state index in [1.807, 2.05) is 35.4 Å². The third-order valence-corrected chi connectivity index (χ3v) is 8.13. The third kappa shape index (κ3) is 7.47. The van der Waals surface area contributed by atoms with E-state index < -0.39 is 0 Å². The number of carbonyl (C=O) groups is 3. The van der Waals surface area contributed by atoms with E-state index in [0.717, 1.165) is 78.1 Å². The van der Waals surface area contributed by atoms with Crippen LogP contribution in [0.5, 0.6) is 0 Å². The predicted octanol–water partition coefficient (Wildman–Crippen LogP) is 4.67. The van der Waals surface area contributed by atoms with Crippen molar-refractivity contribution >= 4 is 17.5 Å². The van der Waals surface area contributed by atoms with Crippen molar-refractivity contribution in [3.63, 3.8) is 0 Å². The molecule has 3 aromatic rings. The highest BCUT2D eigenvalue weighted by atomic mass is 16.2. The molecule has 2 aromatic carbocycles. The van der Waals surface area contributed by atoms with Crippen molar-refractivity contribution in [2.45, 2.75) is 71.1 Å². The van der Waals surface area contributed by atoms with Gasteiger partial charge < -0.3 is 4.90 Å². The van der Waals surface area contributed by atoms with Gasteiger partial charge in [0.25, 0.3) is 0 Å². The number of aryl methyl sites for hydroxylation is 2. The van der Waals surface area contributed by atoms with Crippen LogP contribution in [0.4, 0.5) is 0 Å². The summed E-state index contributed by atoms with van der Waals surface area (Å²) in [5.41, 5.74) is 6.58. The van der Waals surface area contributed by atoms with Gasteiger partial charge >= 0.3 is 0 Å². The molecule has 0 bridgehead atoms. The lowest BCUT2D eigenvalue weighted by Gasteiger charge is -2.31. The van der Waals surface area contributed by atoms with Gasteiger partial charge in [-0.1, -0.05) is 42.5 Å². The molecule has 1 saturated heterocycles. The third-order valence-electron chi connectivity index (χ3n) is 8.13. The average molecular weight is 524 g/mol. The Morgan fingerprint density at radius 3 is 2.54 bits per heavy atom. The minimum atomic E-state index is 0.178. The summed E-state index contributed by atoms with van der Waals surface area (Å²) in [6.45, 7) is 3.38. The molecule has 0 unspecified atom stereocenters. The van der Waals surface area contributed by atoms with Crippen LogP contribution < -0.4 is 0 Å². The number of hydrogen-bond donors (Lipinski definition) is 0. The Bertz CT molecular complexity index is 1360. The number of carbonyl (C=O) groups excluding carboxylic acids is 3. The first-order chi connectivity index (χ1) is 18.9. The van der Waals surface area contributed by atoms with Crippen LogP contribution in [0.25, 0.3) is 0 Å². The fourth-order valence-electron chi connectivity index (χ4n) is 5.85. The molecule has 2 heterocycles. The minimum absolute atomic E-state index is 0.178. The second-order valence-electron chi connectivity index (χ2n) is 11.2. The molecule has 6 heteroatoms. The number of benzene rings is 2. The predicted molar refractivity (Wildman–Crippen MR) is 150 cm³/mol. The van der Waals surface area contributed by atoms with E-state index in [0.29, 0.717) is 44.4 Å². The summed E-state index contributed by atoms with van der Waals surface area (Å²) in [4.78, 5) is 47.2. The van der Waals surface area contributed by atoms with Crippen molar-refractivity contribution in [2.24, 2.45) is 5.92 Å². The highest BCUT2D eigenvalue weighted by Gasteiger charge is 2.21. The molecule has 1 aromatic heterocycles. The second kappa shape index (κ2) is 12.5. The van der Waals surface area contributed by atoms with Crippen molar-refractivity contribution in [2.75, 3.05) is 13.1 Å². The van der Waals surface area contributed by atoms with E-state index in [1.165, 1.54) is 0 Å². The maximum atomic E-state index is 12.7. The molecule has 2 aliphatic rings. The van der Waals surface area contributed by atoms with Crippen LogP contribution in [-0.4, -0.2) is 45.4 Å². The first kappa shape index (κ1) is 26.9. The Hall–Kier alpha value is -3.67. The van der Waals surface area contributed by atoms with Crippen LogP contribution in [0.1, 0.15) is 71.9 Å². The van der Waals surface area contributed by atoms with Crippen LogP contribution in [0.2, 0.25) is 0 Å². The van der Waals surface area contributed by atoms with E-state index in [2.05, 4.69) is 29.2 Å². The molecular formula is C33H37N3O3. The van der Waals surface area contributed by atoms with Gasteiger partial charge in [-0.15, -0.1) is 0 Å². The molecule has 1 aliphatic heterocycles. The van der Waals surface area contributed by atoms with E-state index in [9.17, 15) is 14.4 Å². The molecule has 0 N–H and O–H groups in total. The van der Waals surface area contributed by atoms with Crippen molar-refractivity contribution in [1.29, 1.82) is 0 Å². The fourth-order valence-corrected chi connectivity index (χ4v) is 5.85. The van der Waals surface area contributed by atoms with Gasteiger partial charge in [0.2, 0.25) is 5.91 Å². The quantitative estimate of drug-likeness (QED) is 0.386. The molecule has 5 rings (SSSR count). The largest absolute Gasteiger partial charge is 0.343 e. The summed E-state index contributed by atoms with van der Waals surface area (Å²) >= 11 is 0. The monoisotopic (exact) mass is 523 g/mol. The zero-order valence-corrected chi connectivity index (χ0v) is 22.8. The number of piperidine rings is 1. The number of amides is 1. The average Bonchev–Trinajstić information content (AvgIpc) is 3.30. The first-order valence-corrected chi connectivity index (χ1v) is 14.2. The Balaban J connectivity index is 1.10. The fraction of sp³-hybridized carbons (Fsp3) is 0.424. The van der Waals surface area contributed by atoms with Gasteiger partial charge in [-0.2, -0.15) is 0 Å². The topological polar surface area (TPSA) is 80.2 Å². The summed E-state index contributed by atoms with van der Waals surface area (Å²) in [6.07, 6.45) is 9.32. The van der Waals surface area contributed by atoms with Crippen molar-refractivity contribution in [3.05, 3.63) is 94.1 Å². The van der Waals surface area contributed by atoms with Crippen molar-refractivity contribution < 1.29 is 14.4 Å². The second-order valence-corrected chi connectivity index (χ2v) is 11.2. The van der Waals surface area contributed by atoms with Crippen LogP contribution >= 0.6 is 0 Å². The number of aromatic nitrogens is 2. The van der Waals surface area contributed by atoms with Crippen LogP contribution in [0.3, 0.4) is 0 Å². The van der Waals surface area contributed by atoms with E-state index in [4.69, 9.17) is 4.98 Å². The maximum Gasteiger partial charge on any atom is 0.219 e. The number of ketones is 2. The number of likely N-dealkylation sites (tertiary alicyclic amines) is 1. The molecule has 0 saturated carbocycles. The van der Waals surface area contributed by atoms with Gasteiger partial charge in [-0.25, -0.2) is 9.97 Å². The van der Waals surface area contributed by atoms with E-state index in [1.54, 1.807) is 6.92 Å². The standard InChI is InChI=1S/C33H37N3O3/c1-23(37)36-15-12-24(13-16-36)6-9-30-11-14-34-33(35-30)20-27-4-2-3-26(17-27)19-31(38)10-7-25-5-8-28-21-32(39)22-29(28)18-25/h2-5,8,11,14,17-18,24H,6-7,9-10,12-13,15-16,19-22H2,1H3. The van der Waals surface area contributed by atoms with Gasteiger partial charge in [-0.05, 0) is 71.9 Å². The minimum Gasteiger partial charge on any atom is -0.343 e. The summed E-state index contributed by atoms with van der Waals surface area (Å²) in [5, 5.41) is 0. The normalized spacial score (nSPS) is 15.4. The Labute approximate surface area is 230 Å². The molecule has 1 aliphatic carbocycles. The Morgan fingerprint density at radius 2 is 1.72 bits per heavy atom. The van der Waals surface area contributed by atoms with Crippen molar-refractivity contribution in [3.8, 4) is 0 Å². The molecule has 6 nitrogen and oxygen atoms in total. The van der Waals surface area contributed by atoms with Crippen LogP contribution in [0, 0.1) is 5.92 Å². The summed E-state index contributed by atoms with van der Waals surface area (Å²) in [7, 11) is 0. The van der Waals surface area contributed by atoms with E-state index >= 15 is 0 Å². The van der Waals surface area contributed by atoms with Gasteiger partial charge in [-0.3, -0.25) is 14.4 Å². The van der Waals surface area contributed by atoms with Crippen LogP contribution in [-0.2, 0) is 52.9 Å². The molecule has 1 amide bonds. The number of Topliss-reactive ketones (excluding diaryl/α,β-unsaturated/α-hetero) is 2. The van der Waals surface area contributed by atoms with Gasteiger partial charge in [0.15, 0.2) is 0 Å². The van der Waals surface area contributed by atoms with Gasteiger partial charge in [0, 0.05) is 64.0 Å². The number of nitrogens with zero attached hydrogens (tertiary/aromatic N) is 3. The maximum absolute atomic E-state index is 12.7. The lowest BCUT2D eigenvalue weighted by Crippen LogP contribution is -2.37. The molecule has 202 valence electrons. The summed E-state index contributed by atoms with van der Waals surface area (Å²) in [6, 6.07) is 16.4. The highest BCUT2D eigenvalue weighted by molar-refractivity contribution is 5.88. The number of fused-ring (bicyclic) bond motifs is 1. The SMILES string of the molecule is CC(=O)N1CCC(CCc2ccnc(Cc3cccc(CC(=O)CCc4ccc5c(c4)CC(=O)C5)c3)n2)CC1. The molecule has 0 atom stereocenters. The zero-order valence-electron chi connectivity index (χ0n) is 22.8. The Kier molecular flexibility index (Phi) is 8.60. The number of hydrogen-bond acceptors (Lipinski definition) is 5. The lowest BCUT2D eigenvalue weighted by atomic mass is 9.91. The van der Waals surface area contributed by atoms with E-state index in [-0.39, 0.29) is 17.5 Å². The molecule has 39 heavy (non-hydrogen) atoms. The summed E-state index contributed by atoms with van der Waals surface area (Å²) in [5.74, 6) is 2.11. The Morgan fingerprint density at radius 1 is 0.923 bits per heavy atom. The molecular weight excluding hydrogens is 486 g/mol. The molecule has 0 spiro atoms. The summed E-state index contributed by atoms with van der Waals surface area (Å²) < 4.78 is 0. The lowest BCUT2D eigenvalue weighted by molar-refractivity contribution is -0.130. The zero-order chi connectivity index (χ0) is 27.2. The van der Waals surface area contributed by atoms with Crippen molar-refractivity contribution in [1.82, 2.24) is 14.9 Å². The number of rotatable bonds is 10. The molecule has 1 fully saturated rings. The smallest absolute Gasteiger partial charge is 0.219 e. The highest BCUT2D eigenvalue weighted by Crippen LogP contribution is 2.23. The van der Waals surface area contributed by atoms with Gasteiger partial charge in [0.05, 0.1) is 0 Å². The first-order valence-electron chi connectivity index (χ1n) is 14.2. The molecule has 0 radical (unpaired) electrons. The van der Waals surface area contributed by atoms with Crippen LogP contribution in [0.15, 0.2) is 54.7 Å². The van der Waals surface area contributed by atoms with Gasteiger partial charge in [0.1, 0.15) is 17.4 Å².